The molecule has 1 saturated heterocycles. The predicted molar refractivity (Wildman–Crippen MR) is 61.6 cm³/mol. The first-order chi connectivity index (χ1) is 8.60. The third-order valence-corrected chi connectivity index (χ3v) is 2.94. The minimum absolute atomic E-state index is 0.172. The maximum atomic E-state index is 12.7. The lowest BCUT2D eigenvalue weighted by Crippen LogP contribution is -2.33. The first-order valence-electron chi connectivity index (χ1n) is 5.84. The SMILES string of the molecule is O=C(O)CC1(CCc2ccc(F)cc2)OCCO1. The largest absolute Gasteiger partial charge is 0.481 e. The van der Waals surface area contributed by atoms with Crippen molar-refractivity contribution in [2.24, 2.45) is 0 Å². The van der Waals surface area contributed by atoms with E-state index in [1.807, 2.05) is 0 Å². The second-order valence-corrected chi connectivity index (χ2v) is 4.30. The first kappa shape index (κ1) is 13.0. The lowest BCUT2D eigenvalue weighted by molar-refractivity contribution is -0.181. The molecular formula is C13H15FO4. The number of carbonyl (C=O) groups is 1. The summed E-state index contributed by atoms with van der Waals surface area (Å²) >= 11 is 0. The molecule has 1 heterocycles. The number of aryl methyl sites for hydroxylation is 1. The highest BCUT2D eigenvalue weighted by Crippen LogP contribution is 2.29. The smallest absolute Gasteiger partial charge is 0.308 e. The van der Waals surface area contributed by atoms with Crippen molar-refractivity contribution in [1.29, 1.82) is 0 Å². The number of rotatable bonds is 5. The van der Waals surface area contributed by atoms with E-state index in [9.17, 15) is 9.18 Å². The fraction of sp³-hybridized carbons (Fsp3) is 0.462. The molecule has 5 heteroatoms. The molecule has 0 atom stereocenters. The molecule has 4 nitrogen and oxygen atoms in total. The van der Waals surface area contributed by atoms with E-state index in [0.717, 1.165) is 5.56 Å². The quantitative estimate of drug-likeness (QED) is 0.872. The second kappa shape index (κ2) is 5.46. The molecule has 0 radical (unpaired) electrons. The van der Waals surface area contributed by atoms with Gasteiger partial charge < -0.3 is 14.6 Å². The van der Waals surface area contributed by atoms with Crippen LogP contribution in [0.2, 0.25) is 0 Å². The Balaban J connectivity index is 1.97. The summed E-state index contributed by atoms with van der Waals surface area (Å²) < 4.78 is 23.6. The van der Waals surface area contributed by atoms with Crippen LogP contribution in [0.1, 0.15) is 18.4 Å². The van der Waals surface area contributed by atoms with Crippen LogP contribution >= 0.6 is 0 Å². The predicted octanol–water partition coefficient (Wildman–Crippen LogP) is 1.98. The summed E-state index contributed by atoms with van der Waals surface area (Å²) in [6.45, 7) is 0.827. The van der Waals surface area contributed by atoms with Gasteiger partial charge in [0.1, 0.15) is 5.82 Å². The molecule has 1 aromatic carbocycles. The number of ether oxygens (including phenoxy) is 2. The van der Waals surface area contributed by atoms with Crippen LogP contribution in [-0.2, 0) is 20.7 Å². The molecule has 0 bridgehead atoms. The molecule has 98 valence electrons. The van der Waals surface area contributed by atoms with Gasteiger partial charge in [0.05, 0.1) is 19.6 Å². The van der Waals surface area contributed by atoms with Crippen LogP contribution in [0.4, 0.5) is 4.39 Å². The van der Waals surface area contributed by atoms with Crippen molar-refractivity contribution in [1.82, 2.24) is 0 Å². The van der Waals surface area contributed by atoms with Crippen LogP contribution in [0, 0.1) is 5.82 Å². The van der Waals surface area contributed by atoms with Gasteiger partial charge in [0, 0.05) is 6.42 Å². The number of hydrogen-bond acceptors (Lipinski definition) is 3. The number of benzene rings is 1. The van der Waals surface area contributed by atoms with Crippen LogP contribution in [0.5, 0.6) is 0 Å². The Morgan fingerprint density at radius 3 is 2.44 bits per heavy atom. The Bertz CT molecular complexity index is 410. The van der Waals surface area contributed by atoms with Gasteiger partial charge in [-0.1, -0.05) is 12.1 Å². The van der Waals surface area contributed by atoms with Gasteiger partial charge >= 0.3 is 5.97 Å². The summed E-state index contributed by atoms with van der Waals surface area (Å²) in [5, 5.41) is 8.86. The lowest BCUT2D eigenvalue weighted by atomic mass is 10.0. The summed E-state index contributed by atoms with van der Waals surface area (Å²) in [5.41, 5.74) is 0.931. The molecule has 1 aliphatic rings. The van der Waals surface area contributed by atoms with Gasteiger partial charge in [-0.2, -0.15) is 0 Å². The zero-order chi connectivity index (χ0) is 13.0. The minimum atomic E-state index is -1.03. The molecule has 0 unspecified atom stereocenters. The van der Waals surface area contributed by atoms with Crippen molar-refractivity contribution in [3.8, 4) is 0 Å². The number of aliphatic carboxylic acids is 1. The highest BCUT2D eigenvalue weighted by molar-refractivity contribution is 5.67. The maximum absolute atomic E-state index is 12.7. The molecule has 18 heavy (non-hydrogen) atoms. The Hall–Kier alpha value is -1.46. The molecule has 0 aliphatic carbocycles. The molecule has 0 saturated carbocycles. The van der Waals surface area contributed by atoms with Crippen molar-refractivity contribution >= 4 is 5.97 Å². The third kappa shape index (κ3) is 3.27. The van der Waals surface area contributed by atoms with E-state index < -0.39 is 11.8 Å². The molecule has 1 aliphatic heterocycles. The maximum Gasteiger partial charge on any atom is 0.308 e. The monoisotopic (exact) mass is 254 g/mol. The minimum Gasteiger partial charge on any atom is -0.481 e. The second-order valence-electron chi connectivity index (χ2n) is 4.30. The summed E-state index contributed by atoms with van der Waals surface area (Å²) in [6.07, 6.45) is 0.868. The summed E-state index contributed by atoms with van der Waals surface area (Å²) in [7, 11) is 0. The van der Waals surface area contributed by atoms with Gasteiger partial charge in [-0.05, 0) is 24.1 Å². The van der Waals surface area contributed by atoms with E-state index in [4.69, 9.17) is 14.6 Å². The fourth-order valence-electron chi connectivity index (χ4n) is 2.05. The van der Waals surface area contributed by atoms with E-state index in [1.165, 1.54) is 12.1 Å². The number of carboxylic acid groups (broad SMARTS) is 1. The highest BCUT2D eigenvalue weighted by atomic mass is 19.1. The molecule has 0 aromatic heterocycles. The Morgan fingerprint density at radius 2 is 1.89 bits per heavy atom. The average molecular weight is 254 g/mol. The summed E-state index contributed by atoms with van der Waals surface area (Å²) in [4.78, 5) is 10.8. The molecule has 0 amide bonds. The van der Waals surface area contributed by atoms with E-state index in [-0.39, 0.29) is 12.2 Å². The zero-order valence-corrected chi connectivity index (χ0v) is 9.89. The van der Waals surface area contributed by atoms with E-state index in [1.54, 1.807) is 12.1 Å². The topological polar surface area (TPSA) is 55.8 Å². The molecule has 2 rings (SSSR count). The molecule has 1 fully saturated rings. The normalized spacial score (nSPS) is 17.8. The van der Waals surface area contributed by atoms with Crippen molar-refractivity contribution < 1.29 is 23.8 Å². The number of hydrogen-bond donors (Lipinski definition) is 1. The average Bonchev–Trinajstić information content (AvgIpc) is 2.76. The van der Waals surface area contributed by atoms with E-state index >= 15 is 0 Å². The molecule has 1 aromatic rings. The third-order valence-electron chi connectivity index (χ3n) is 2.94. The van der Waals surface area contributed by atoms with Crippen LogP contribution in [0.25, 0.3) is 0 Å². The molecule has 1 N–H and O–H groups in total. The van der Waals surface area contributed by atoms with E-state index in [0.29, 0.717) is 26.1 Å². The van der Waals surface area contributed by atoms with Crippen LogP contribution in [0.3, 0.4) is 0 Å². The van der Waals surface area contributed by atoms with Crippen LogP contribution in [0.15, 0.2) is 24.3 Å². The lowest BCUT2D eigenvalue weighted by Gasteiger charge is -2.25. The fourth-order valence-corrected chi connectivity index (χ4v) is 2.05. The van der Waals surface area contributed by atoms with Crippen molar-refractivity contribution in [3.05, 3.63) is 35.6 Å². The van der Waals surface area contributed by atoms with Gasteiger partial charge in [-0.15, -0.1) is 0 Å². The van der Waals surface area contributed by atoms with Gasteiger partial charge in [-0.25, -0.2) is 4.39 Å². The summed E-state index contributed by atoms with van der Waals surface area (Å²) in [5.74, 6) is -2.26. The number of halogens is 1. The standard InChI is InChI=1S/C13H15FO4/c14-11-3-1-10(2-4-11)5-6-13(9-12(15)16)17-7-8-18-13/h1-4H,5-9H2,(H,15,16). The van der Waals surface area contributed by atoms with Gasteiger partial charge in [0.15, 0.2) is 5.79 Å². The highest BCUT2D eigenvalue weighted by Gasteiger charge is 2.38. The summed E-state index contributed by atoms with van der Waals surface area (Å²) in [6, 6.07) is 6.13. The zero-order valence-electron chi connectivity index (χ0n) is 9.89. The van der Waals surface area contributed by atoms with Crippen LogP contribution in [-0.4, -0.2) is 30.1 Å². The van der Waals surface area contributed by atoms with Gasteiger partial charge in [0.25, 0.3) is 0 Å². The number of carboxylic acids is 1. The Kier molecular flexibility index (Phi) is 3.93. The first-order valence-corrected chi connectivity index (χ1v) is 5.84. The van der Waals surface area contributed by atoms with Crippen molar-refractivity contribution in [2.75, 3.05) is 13.2 Å². The van der Waals surface area contributed by atoms with Crippen molar-refractivity contribution in [2.45, 2.75) is 25.0 Å². The molecule has 0 spiro atoms. The van der Waals surface area contributed by atoms with Gasteiger partial charge in [-0.3, -0.25) is 4.79 Å². The molecular weight excluding hydrogens is 239 g/mol. The Labute approximate surface area is 104 Å². The van der Waals surface area contributed by atoms with E-state index in [2.05, 4.69) is 0 Å². The Morgan fingerprint density at radius 1 is 1.28 bits per heavy atom. The van der Waals surface area contributed by atoms with Crippen molar-refractivity contribution in [3.63, 3.8) is 0 Å². The van der Waals surface area contributed by atoms with Gasteiger partial charge in [0.2, 0.25) is 0 Å². The van der Waals surface area contributed by atoms with Crippen LogP contribution < -0.4 is 0 Å².